The van der Waals surface area contributed by atoms with E-state index < -0.39 is 0 Å². The molecule has 0 amide bonds. The van der Waals surface area contributed by atoms with Gasteiger partial charge in [0.05, 0.1) is 22.3 Å². The number of hydrogen-bond acceptors (Lipinski definition) is 4. The Morgan fingerprint density at radius 1 is 1.00 bits per heavy atom. The van der Waals surface area contributed by atoms with Crippen molar-refractivity contribution in [2.75, 3.05) is 5.75 Å². The molecule has 3 aromatic carbocycles. The van der Waals surface area contributed by atoms with Gasteiger partial charge in [-0.3, -0.25) is 14.2 Å². The lowest BCUT2D eigenvalue weighted by Gasteiger charge is -2.13. The van der Waals surface area contributed by atoms with Crippen LogP contribution in [0.2, 0.25) is 5.02 Å². The highest BCUT2D eigenvalue weighted by atomic mass is 35.5. The van der Waals surface area contributed by atoms with Crippen molar-refractivity contribution in [1.82, 2.24) is 9.55 Å². The summed E-state index contributed by atoms with van der Waals surface area (Å²) in [5.74, 6) is 0.178. The van der Waals surface area contributed by atoms with Gasteiger partial charge in [0.25, 0.3) is 5.56 Å². The molecule has 1 aromatic heterocycles. The fourth-order valence-corrected chi connectivity index (χ4v) is 4.20. The van der Waals surface area contributed by atoms with Crippen molar-refractivity contribution in [2.45, 2.75) is 18.5 Å². The summed E-state index contributed by atoms with van der Waals surface area (Å²) in [4.78, 5) is 30.6. The van der Waals surface area contributed by atoms with Crippen molar-refractivity contribution in [3.8, 4) is 5.69 Å². The van der Waals surface area contributed by atoms with E-state index in [1.807, 2.05) is 36.4 Å². The van der Waals surface area contributed by atoms with Gasteiger partial charge >= 0.3 is 0 Å². The number of fused-ring (bicyclic) bond motifs is 1. The van der Waals surface area contributed by atoms with Crippen LogP contribution in [0.25, 0.3) is 16.6 Å². The molecular weight excluding hydrogens is 416 g/mol. The fraction of sp³-hybridized carbons (Fsp3) is 0.125. The molecule has 0 unspecified atom stereocenters. The second-order valence-electron chi connectivity index (χ2n) is 6.79. The number of halogens is 1. The van der Waals surface area contributed by atoms with E-state index in [2.05, 4.69) is 11.9 Å². The smallest absolute Gasteiger partial charge is 0.266 e. The van der Waals surface area contributed by atoms with Crippen molar-refractivity contribution >= 4 is 40.0 Å². The lowest BCUT2D eigenvalue weighted by atomic mass is 10.1. The molecule has 4 nitrogen and oxygen atoms in total. The number of carbonyl (C=O) groups excluding carboxylic acids is 1. The Labute approximate surface area is 183 Å². The third-order valence-corrected chi connectivity index (χ3v) is 6.04. The van der Waals surface area contributed by atoms with Gasteiger partial charge in [0.15, 0.2) is 10.9 Å². The number of thioether (sulfide) groups is 1. The molecule has 0 radical (unpaired) electrons. The molecule has 150 valence electrons. The summed E-state index contributed by atoms with van der Waals surface area (Å²) in [7, 11) is 0. The maximum absolute atomic E-state index is 13.2. The van der Waals surface area contributed by atoms with E-state index in [1.165, 1.54) is 21.9 Å². The Bertz CT molecular complexity index is 1270. The first-order valence-electron chi connectivity index (χ1n) is 9.59. The quantitative estimate of drug-likeness (QED) is 0.226. The molecule has 0 bridgehead atoms. The number of carbonyl (C=O) groups is 1. The summed E-state index contributed by atoms with van der Waals surface area (Å²) in [5, 5.41) is 1.58. The van der Waals surface area contributed by atoms with E-state index in [0.29, 0.717) is 32.3 Å². The highest BCUT2D eigenvalue weighted by Gasteiger charge is 2.15. The highest BCUT2D eigenvalue weighted by Crippen LogP contribution is 2.23. The van der Waals surface area contributed by atoms with Gasteiger partial charge in [0.1, 0.15) is 0 Å². The molecule has 0 fully saturated rings. The number of benzene rings is 3. The van der Waals surface area contributed by atoms with Crippen LogP contribution in [-0.2, 0) is 6.42 Å². The lowest BCUT2D eigenvalue weighted by molar-refractivity contribution is 0.102. The van der Waals surface area contributed by atoms with Crippen LogP contribution in [0.3, 0.4) is 0 Å². The lowest BCUT2D eigenvalue weighted by Crippen LogP contribution is -2.22. The molecule has 1 heterocycles. The number of Topliss-reactive ketones (excluding diaryl/α,β-unsaturated/α-hetero) is 1. The van der Waals surface area contributed by atoms with E-state index in [1.54, 1.807) is 36.4 Å². The summed E-state index contributed by atoms with van der Waals surface area (Å²) < 4.78 is 1.54. The first-order valence-corrected chi connectivity index (χ1v) is 11.0. The van der Waals surface area contributed by atoms with Crippen LogP contribution in [0, 0.1) is 0 Å². The number of para-hydroxylation sites is 1. The van der Waals surface area contributed by atoms with Gasteiger partial charge in [0.2, 0.25) is 0 Å². The average Bonchev–Trinajstić information content (AvgIpc) is 2.78. The molecule has 0 saturated heterocycles. The molecule has 0 aliphatic carbocycles. The summed E-state index contributed by atoms with van der Waals surface area (Å²) in [5.41, 5.74) is 2.93. The van der Waals surface area contributed by atoms with Crippen molar-refractivity contribution in [3.63, 3.8) is 0 Å². The Hall–Kier alpha value is -2.89. The van der Waals surface area contributed by atoms with E-state index in [4.69, 9.17) is 11.6 Å². The van der Waals surface area contributed by atoms with Gasteiger partial charge in [-0.15, -0.1) is 0 Å². The minimum atomic E-state index is -0.176. The van der Waals surface area contributed by atoms with Crippen molar-refractivity contribution in [3.05, 3.63) is 99.3 Å². The van der Waals surface area contributed by atoms with E-state index in [-0.39, 0.29) is 17.1 Å². The first-order chi connectivity index (χ1) is 14.6. The first kappa shape index (κ1) is 20.4. The van der Waals surface area contributed by atoms with Crippen LogP contribution < -0.4 is 5.56 Å². The topological polar surface area (TPSA) is 52.0 Å². The summed E-state index contributed by atoms with van der Waals surface area (Å²) in [6, 6.07) is 21.9. The van der Waals surface area contributed by atoms with E-state index in [9.17, 15) is 9.59 Å². The number of aromatic nitrogens is 2. The second-order valence-corrected chi connectivity index (χ2v) is 8.17. The van der Waals surface area contributed by atoms with Gasteiger partial charge in [-0.1, -0.05) is 66.7 Å². The molecule has 4 aromatic rings. The molecule has 30 heavy (non-hydrogen) atoms. The van der Waals surface area contributed by atoms with Gasteiger partial charge in [0, 0.05) is 10.6 Å². The summed E-state index contributed by atoms with van der Waals surface area (Å²) in [6.07, 6.45) is 0.928. The van der Waals surface area contributed by atoms with E-state index in [0.717, 1.165) is 6.42 Å². The van der Waals surface area contributed by atoms with Crippen LogP contribution in [0.5, 0.6) is 0 Å². The number of hydrogen-bond donors (Lipinski definition) is 0. The zero-order chi connectivity index (χ0) is 21.1. The van der Waals surface area contributed by atoms with E-state index >= 15 is 0 Å². The van der Waals surface area contributed by atoms with Gasteiger partial charge in [-0.05, 0) is 48.4 Å². The number of rotatable bonds is 6. The standard InChI is InChI=1S/C24H19ClN2O2S/c1-2-16-7-9-17(10-8-16)22(28)15-30-24-26-21-6-4-3-5-20(21)23(29)27(24)19-13-11-18(25)12-14-19/h3-14H,2,15H2,1H3. The van der Waals surface area contributed by atoms with Crippen molar-refractivity contribution in [1.29, 1.82) is 0 Å². The van der Waals surface area contributed by atoms with Crippen LogP contribution >= 0.6 is 23.4 Å². The minimum Gasteiger partial charge on any atom is -0.293 e. The Balaban J connectivity index is 1.71. The predicted octanol–water partition coefficient (Wildman–Crippen LogP) is 5.58. The molecule has 0 aliphatic rings. The Kier molecular flexibility index (Phi) is 6.02. The zero-order valence-corrected chi connectivity index (χ0v) is 17.9. The molecule has 0 spiro atoms. The normalized spacial score (nSPS) is 11.0. The molecule has 0 saturated carbocycles. The van der Waals surface area contributed by atoms with Crippen molar-refractivity contribution in [2.24, 2.45) is 0 Å². The van der Waals surface area contributed by atoms with Crippen LogP contribution in [0.15, 0.2) is 82.7 Å². The maximum Gasteiger partial charge on any atom is 0.266 e. The third kappa shape index (κ3) is 4.18. The summed E-state index contributed by atoms with van der Waals surface area (Å²) >= 11 is 7.27. The Morgan fingerprint density at radius 3 is 2.40 bits per heavy atom. The highest BCUT2D eigenvalue weighted by molar-refractivity contribution is 7.99. The Morgan fingerprint density at radius 2 is 1.70 bits per heavy atom. The zero-order valence-electron chi connectivity index (χ0n) is 16.3. The maximum atomic E-state index is 13.2. The molecule has 0 aliphatic heterocycles. The van der Waals surface area contributed by atoms with Gasteiger partial charge in [-0.2, -0.15) is 0 Å². The SMILES string of the molecule is CCc1ccc(C(=O)CSc2nc3ccccc3c(=O)n2-c2ccc(Cl)cc2)cc1. The summed E-state index contributed by atoms with van der Waals surface area (Å²) in [6.45, 7) is 2.08. The molecular formula is C24H19ClN2O2S. The molecule has 4 rings (SSSR count). The van der Waals surface area contributed by atoms with Crippen LogP contribution in [0.4, 0.5) is 0 Å². The average molecular weight is 435 g/mol. The number of ketones is 1. The molecule has 6 heteroatoms. The largest absolute Gasteiger partial charge is 0.293 e. The fourth-order valence-electron chi connectivity index (χ4n) is 3.17. The van der Waals surface area contributed by atoms with Gasteiger partial charge < -0.3 is 0 Å². The predicted molar refractivity (Wildman–Crippen MR) is 123 cm³/mol. The molecule has 0 atom stereocenters. The van der Waals surface area contributed by atoms with Crippen LogP contribution in [0.1, 0.15) is 22.8 Å². The van der Waals surface area contributed by atoms with Crippen LogP contribution in [-0.4, -0.2) is 21.1 Å². The second kappa shape index (κ2) is 8.86. The number of aryl methyl sites for hydroxylation is 1. The van der Waals surface area contributed by atoms with Gasteiger partial charge in [-0.25, -0.2) is 4.98 Å². The third-order valence-electron chi connectivity index (χ3n) is 4.85. The molecule has 0 N–H and O–H groups in total. The van der Waals surface area contributed by atoms with Crippen molar-refractivity contribution < 1.29 is 4.79 Å². The minimum absolute atomic E-state index is 0.00674. The monoisotopic (exact) mass is 434 g/mol. The number of nitrogens with zero attached hydrogens (tertiary/aromatic N) is 2.